The van der Waals surface area contributed by atoms with Crippen molar-refractivity contribution in [3.8, 4) is 11.5 Å². The predicted octanol–water partition coefficient (Wildman–Crippen LogP) is 5.97. The second-order valence-electron chi connectivity index (χ2n) is 6.79. The van der Waals surface area contributed by atoms with Crippen molar-refractivity contribution >= 4 is 17.5 Å². The lowest BCUT2D eigenvalue weighted by atomic mass is 9.97. The standard InChI is InChI=1S/C26H31NO3/c1-5-8-10-20-18-21(11-9-6-2)26(30-7-3)23(25(20)29)16-17-24(28)19-12-14-22(27-4)15-13-19/h5-6,8-9,12-18,27,29H,7,10-11H2,1-4H3. The van der Waals surface area contributed by atoms with Gasteiger partial charge in [-0.1, -0.05) is 24.3 Å². The van der Waals surface area contributed by atoms with E-state index in [0.29, 0.717) is 36.3 Å². The van der Waals surface area contributed by atoms with Crippen molar-refractivity contribution in [2.75, 3.05) is 19.0 Å². The second-order valence-corrected chi connectivity index (χ2v) is 6.79. The van der Waals surface area contributed by atoms with Crippen LogP contribution in [0.25, 0.3) is 6.08 Å². The molecule has 0 amide bonds. The van der Waals surface area contributed by atoms with E-state index in [2.05, 4.69) is 11.4 Å². The van der Waals surface area contributed by atoms with Gasteiger partial charge in [0.25, 0.3) is 0 Å². The summed E-state index contributed by atoms with van der Waals surface area (Å²) in [6.07, 6.45) is 12.4. The molecule has 0 aliphatic rings. The quantitative estimate of drug-likeness (QED) is 0.291. The summed E-state index contributed by atoms with van der Waals surface area (Å²) in [5.74, 6) is 0.635. The topological polar surface area (TPSA) is 58.6 Å². The van der Waals surface area contributed by atoms with E-state index in [1.165, 1.54) is 6.08 Å². The SMILES string of the molecule is CC=CCc1cc(CC=CC)c(OCC)c(C=CC(=O)c2ccc(NC)cc2)c1O. The van der Waals surface area contributed by atoms with E-state index >= 15 is 0 Å². The zero-order chi connectivity index (χ0) is 21.9. The smallest absolute Gasteiger partial charge is 0.185 e. The van der Waals surface area contributed by atoms with E-state index < -0.39 is 0 Å². The van der Waals surface area contributed by atoms with Crippen molar-refractivity contribution in [2.24, 2.45) is 0 Å². The normalized spacial score (nSPS) is 11.6. The highest BCUT2D eigenvalue weighted by Crippen LogP contribution is 2.37. The molecule has 0 saturated heterocycles. The Morgan fingerprint density at radius 2 is 1.70 bits per heavy atom. The molecule has 0 heterocycles. The van der Waals surface area contributed by atoms with Gasteiger partial charge in [0.15, 0.2) is 5.78 Å². The van der Waals surface area contributed by atoms with E-state index in [1.54, 1.807) is 18.2 Å². The molecule has 0 atom stereocenters. The van der Waals surface area contributed by atoms with E-state index in [4.69, 9.17) is 4.74 Å². The van der Waals surface area contributed by atoms with Gasteiger partial charge in [-0.15, -0.1) is 0 Å². The summed E-state index contributed by atoms with van der Waals surface area (Å²) in [6.45, 7) is 6.30. The van der Waals surface area contributed by atoms with Gasteiger partial charge in [-0.25, -0.2) is 0 Å². The molecule has 0 saturated carbocycles. The van der Waals surface area contributed by atoms with Crippen LogP contribution in [-0.2, 0) is 12.8 Å². The molecule has 0 aliphatic heterocycles. The Kier molecular flexibility index (Phi) is 8.95. The molecule has 2 aromatic carbocycles. The average Bonchev–Trinajstić information content (AvgIpc) is 2.77. The number of anilines is 1. The first-order valence-electron chi connectivity index (χ1n) is 10.3. The van der Waals surface area contributed by atoms with Gasteiger partial charge in [0.2, 0.25) is 0 Å². The van der Waals surface area contributed by atoms with Crippen LogP contribution in [0.15, 0.2) is 60.7 Å². The minimum atomic E-state index is -0.131. The first kappa shape index (κ1) is 23.0. The number of ether oxygens (including phenoxy) is 1. The Hall–Kier alpha value is -3.27. The molecule has 0 bridgehead atoms. The van der Waals surface area contributed by atoms with Crippen LogP contribution in [0.3, 0.4) is 0 Å². The minimum absolute atomic E-state index is 0.131. The number of hydrogen-bond acceptors (Lipinski definition) is 4. The average molecular weight is 406 g/mol. The predicted molar refractivity (Wildman–Crippen MR) is 126 cm³/mol. The number of rotatable bonds is 10. The fraction of sp³-hybridized carbons (Fsp3) is 0.269. The Morgan fingerprint density at radius 3 is 2.27 bits per heavy atom. The number of carbonyl (C=O) groups is 1. The first-order valence-corrected chi connectivity index (χ1v) is 10.3. The maximum absolute atomic E-state index is 12.7. The van der Waals surface area contributed by atoms with Crippen molar-refractivity contribution in [3.05, 3.63) is 83.0 Å². The number of allylic oxidation sites excluding steroid dienone is 5. The van der Waals surface area contributed by atoms with Crippen LogP contribution in [0, 0.1) is 0 Å². The summed E-state index contributed by atoms with van der Waals surface area (Å²) in [5.41, 5.74) is 3.86. The molecule has 0 aliphatic carbocycles. The molecular formula is C26H31NO3. The summed E-state index contributed by atoms with van der Waals surface area (Å²) < 4.78 is 5.89. The van der Waals surface area contributed by atoms with Crippen LogP contribution in [0.5, 0.6) is 11.5 Å². The molecule has 158 valence electrons. The monoisotopic (exact) mass is 405 g/mol. The lowest BCUT2D eigenvalue weighted by molar-refractivity contribution is 0.104. The van der Waals surface area contributed by atoms with Gasteiger partial charge in [-0.05, 0) is 87.2 Å². The van der Waals surface area contributed by atoms with E-state index in [1.807, 2.05) is 64.2 Å². The van der Waals surface area contributed by atoms with Crippen LogP contribution in [0.4, 0.5) is 5.69 Å². The van der Waals surface area contributed by atoms with Gasteiger partial charge in [-0.3, -0.25) is 4.79 Å². The van der Waals surface area contributed by atoms with Crippen molar-refractivity contribution in [3.63, 3.8) is 0 Å². The third-order valence-electron chi connectivity index (χ3n) is 4.74. The fourth-order valence-corrected chi connectivity index (χ4v) is 3.12. The second kappa shape index (κ2) is 11.7. The molecular weight excluding hydrogens is 374 g/mol. The lowest BCUT2D eigenvalue weighted by Gasteiger charge is -2.17. The highest BCUT2D eigenvalue weighted by molar-refractivity contribution is 6.07. The van der Waals surface area contributed by atoms with Crippen molar-refractivity contribution < 1.29 is 14.6 Å². The van der Waals surface area contributed by atoms with Gasteiger partial charge in [0.05, 0.1) is 12.2 Å². The highest BCUT2D eigenvalue weighted by Gasteiger charge is 2.17. The zero-order valence-corrected chi connectivity index (χ0v) is 18.2. The molecule has 0 radical (unpaired) electrons. The van der Waals surface area contributed by atoms with E-state index in [0.717, 1.165) is 16.8 Å². The third-order valence-corrected chi connectivity index (χ3v) is 4.74. The van der Waals surface area contributed by atoms with Crippen LogP contribution < -0.4 is 10.1 Å². The highest BCUT2D eigenvalue weighted by atomic mass is 16.5. The summed E-state index contributed by atoms with van der Waals surface area (Å²) in [6, 6.07) is 9.26. The molecule has 2 rings (SSSR count). The number of phenolic OH excluding ortho intramolecular Hbond substituents is 1. The van der Waals surface area contributed by atoms with Gasteiger partial charge in [0, 0.05) is 18.3 Å². The zero-order valence-electron chi connectivity index (χ0n) is 18.2. The largest absolute Gasteiger partial charge is 0.507 e. The number of hydrogen-bond donors (Lipinski definition) is 2. The molecule has 30 heavy (non-hydrogen) atoms. The molecule has 0 fully saturated rings. The molecule has 0 aromatic heterocycles. The summed E-state index contributed by atoms with van der Waals surface area (Å²) in [7, 11) is 1.83. The maximum Gasteiger partial charge on any atom is 0.185 e. The van der Waals surface area contributed by atoms with Crippen LogP contribution in [-0.4, -0.2) is 24.5 Å². The summed E-state index contributed by atoms with van der Waals surface area (Å²) >= 11 is 0. The van der Waals surface area contributed by atoms with Gasteiger partial charge in [0.1, 0.15) is 11.5 Å². The van der Waals surface area contributed by atoms with Gasteiger partial charge in [-0.2, -0.15) is 0 Å². The molecule has 4 heteroatoms. The summed E-state index contributed by atoms with van der Waals surface area (Å²) in [4.78, 5) is 12.7. The number of nitrogens with one attached hydrogen (secondary N) is 1. The summed E-state index contributed by atoms with van der Waals surface area (Å²) in [5, 5.41) is 14.0. The third kappa shape index (κ3) is 5.86. The van der Waals surface area contributed by atoms with Crippen molar-refractivity contribution in [1.29, 1.82) is 0 Å². The van der Waals surface area contributed by atoms with Crippen LogP contribution in [0.2, 0.25) is 0 Å². The van der Waals surface area contributed by atoms with Gasteiger partial charge >= 0.3 is 0 Å². The fourth-order valence-electron chi connectivity index (χ4n) is 3.12. The molecule has 2 aromatic rings. The molecule has 0 spiro atoms. The number of aromatic hydroxyl groups is 1. The Labute approximate surface area is 179 Å². The first-order chi connectivity index (χ1) is 14.5. The van der Waals surface area contributed by atoms with Gasteiger partial charge < -0.3 is 15.2 Å². The maximum atomic E-state index is 12.7. The van der Waals surface area contributed by atoms with Crippen LogP contribution in [0.1, 0.15) is 47.8 Å². The lowest BCUT2D eigenvalue weighted by Crippen LogP contribution is -2.02. The van der Waals surface area contributed by atoms with E-state index in [-0.39, 0.29) is 11.5 Å². The Balaban J connectivity index is 2.50. The molecule has 4 nitrogen and oxygen atoms in total. The molecule has 2 N–H and O–H groups in total. The Bertz CT molecular complexity index is 938. The number of ketones is 1. The van der Waals surface area contributed by atoms with E-state index in [9.17, 15) is 9.90 Å². The number of phenols is 1. The van der Waals surface area contributed by atoms with Crippen molar-refractivity contribution in [2.45, 2.75) is 33.6 Å². The Morgan fingerprint density at radius 1 is 1.07 bits per heavy atom. The number of benzene rings is 2. The van der Waals surface area contributed by atoms with Crippen LogP contribution >= 0.6 is 0 Å². The van der Waals surface area contributed by atoms with Crippen molar-refractivity contribution in [1.82, 2.24) is 0 Å². The minimum Gasteiger partial charge on any atom is -0.507 e. The number of carbonyl (C=O) groups excluding carboxylic acids is 1. The molecule has 0 unspecified atom stereocenters.